The van der Waals surface area contributed by atoms with Crippen LogP contribution in [0.15, 0.2) is 42.5 Å². The minimum absolute atomic E-state index is 0.0940. The van der Waals surface area contributed by atoms with Crippen molar-refractivity contribution >= 4 is 11.4 Å². The van der Waals surface area contributed by atoms with Crippen LogP contribution in [0.5, 0.6) is 11.5 Å². The molecule has 108 valence electrons. The summed E-state index contributed by atoms with van der Waals surface area (Å²) in [7, 11) is 0. The van der Waals surface area contributed by atoms with Gasteiger partial charge in [-0.25, -0.2) is 0 Å². The van der Waals surface area contributed by atoms with Gasteiger partial charge >= 0.3 is 0 Å². The number of nitrogens with zero attached hydrogens (tertiary/aromatic N) is 1. The number of benzene rings is 2. The molecule has 0 unspecified atom stereocenters. The Bertz CT molecular complexity index is 672. The van der Waals surface area contributed by atoms with Crippen molar-refractivity contribution in [2.45, 2.75) is 6.54 Å². The van der Waals surface area contributed by atoms with E-state index < -0.39 is 4.92 Å². The van der Waals surface area contributed by atoms with Gasteiger partial charge in [-0.3, -0.25) is 10.1 Å². The van der Waals surface area contributed by atoms with Crippen molar-refractivity contribution < 1.29 is 14.4 Å². The van der Waals surface area contributed by atoms with Crippen LogP contribution < -0.4 is 14.8 Å². The molecule has 0 aliphatic carbocycles. The maximum absolute atomic E-state index is 10.7. The standard InChI is InChI=1S/C15H14N2O4/c18-17(19)13-3-1-2-11(8-13)10-16-12-4-5-14-15(9-12)21-7-6-20-14/h1-5,8-9,16H,6-7,10H2. The predicted molar refractivity (Wildman–Crippen MR) is 77.9 cm³/mol. The fourth-order valence-corrected chi connectivity index (χ4v) is 2.14. The summed E-state index contributed by atoms with van der Waals surface area (Å²) in [5, 5.41) is 14.0. The highest BCUT2D eigenvalue weighted by Crippen LogP contribution is 2.32. The molecule has 0 radical (unpaired) electrons. The van der Waals surface area contributed by atoms with Gasteiger partial charge in [-0.2, -0.15) is 0 Å². The lowest BCUT2D eigenvalue weighted by atomic mass is 10.2. The second-order valence-corrected chi connectivity index (χ2v) is 4.64. The van der Waals surface area contributed by atoms with E-state index in [1.54, 1.807) is 12.1 Å². The molecule has 0 atom stereocenters. The zero-order chi connectivity index (χ0) is 14.7. The van der Waals surface area contributed by atoms with Gasteiger partial charge in [0, 0.05) is 30.4 Å². The highest BCUT2D eigenvalue weighted by molar-refractivity contribution is 5.55. The van der Waals surface area contributed by atoms with Crippen LogP contribution in [0.25, 0.3) is 0 Å². The Balaban J connectivity index is 1.70. The van der Waals surface area contributed by atoms with E-state index in [0.29, 0.717) is 25.5 Å². The highest BCUT2D eigenvalue weighted by atomic mass is 16.6. The van der Waals surface area contributed by atoms with Gasteiger partial charge in [0.05, 0.1) is 4.92 Å². The molecular weight excluding hydrogens is 272 g/mol. The zero-order valence-electron chi connectivity index (χ0n) is 11.2. The van der Waals surface area contributed by atoms with Crippen LogP contribution in [-0.4, -0.2) is 18.1 Å². The van der Waals surface area contributed by atoms with E-state index >= 15 is 0 Å². The first-order chi connectivity index (χ1) is 10.2. The van der Waals surface area contributed by atoms with Crippen LogP contribution in [0.3, 0.4) is 0 Å². The molecule has 0 amide bonds. The molecule has 3 rings (SSSR count). The molecule has 1 heterocycles. The van der Waals surface area contributed by atoms with Crippen molar-refractivity contribution in [1.82, 2.24) is 0 Å². The van der Waals surface area contributed by atoms with Gasteiger partial charge in [0.15, 0.2) is 11.5 Å². The Hall–Kier alpha value is -2.76. The number of hydrogen-bond acceptors (Lipinski definition) is 5. The normalized spacial score (nSPS) is 12.8. The van der Waals surface area contributed by atoms with Gasteiger partial charge in [-0.05, 0) is 17.7 Å². The van der Waals surface area contributed by atoms with Gasteiger partial charge in [-0.1, -0.05) is 12.1 Å². The fraction of sp³-hybridized carbons (Fsp3) is 0.200. The van der Waals surface area contributed by atoms with Crippen molar-refractivity contribution in [1.29, 1.82) is 0 Å². The minimum Gasteiger partial charge on any atom is -0.486 e. The Morgan fingerprint density at radius 3 is 2.71 bits per heavy atom. The highest BCUT2D eigenvalue weighted by Gasteiger charge is 2.11. The first kappa shape index (κ1) is 13.2. The fourth-order valence-electron chi connectivity index (χ4n) is 2.14. The molecule has 6 heteroatoms. The molecule has 6 nitrogen and oxygen atoms in total. The molecular formula is C15H14N2O4. The lowest BCUT2D eigenvalue weighted by Gasteiger charge is -2.19. The summed E-state index contributed by atoms with van der Waals surface area (Å²) in [6.07, 6.45) is 0. The molecule has 1 N–H and O–H groups in total. The first-order valence-corrected chi connectivity index (χ1v) is 6.59. The maximum atomic E-state index is 10.7. The average Bonchev–Trinajstić information content (AvgIpc) is 2.53. The summed E-state index contributed by atoms with van der Waals surface area (Å²) in [4.78, 5) is 10.3. The second kappa shape index (κ2) is 5.70. The van der Waals surface area contributed by atoms with E-state index in [9.17, 15) is 10.1 Å². The van der Waals surface area contributed by atoms with Gasteiger partial charge < -0.3 is 14.8 Å². The maximum Gasteiger partial charge on any atom is 0.269 e. The molecule has 0 aromatic heterocycles. The second-order valence-electron chi connectivity index (χ2n) is 4.64. The lowest BCUT2D eigenvalue weighted by Crippen LogP contribution is -2.15. The largest absolute Gasteiger partial charge is 0.486 e. The van der Waals surface area contributed by atoms with Crippen LogP contribution in [0.1, 0.15) is 5.56 Å². The molecule has 0 saturated carbocycles. The summed E-state index contributed by atoms with van der Waals surface area (Å²) in [6, 6.07) is 12.2. The van der Waals surface area contributed by atoms with Crippen LogP contribution in [-0.2, 0) is 6.54 Å². The molecule has 2 aromatic carbocycles. The van der Waals surface area contributed by atoms with E-state index in [1.807, 2.05) is 24.3 Å². The van der Waals surface area contributed by atoms with Gasteiger partial charge in [-0.15, -0.1) is 0 Å². The minimum atomic E-state index is -0.395. The summed E-state index contributed by atoms with van der Waals surface area (Å²) < 4.78 is 11.0. The number of fused-ring (bicyclic) bond motifs is 1. The summed E-state index contributed by atoms with van der Waals surface area (Å²) in [6.45, 7) is 1.61. The number of rotatable bonds is 4. The number of ether oxygens (including phenoxy) is 2. The van der Waals surface area contributed by atoms with Crippen LogP contribution in [0.4, 0.5) is 11.4 Å². The Labute approximate surface area is 121 Å². The van der Waals surface area contributed by atoms with Gasteiger partial charge in [0.2, 0.25) is 0 Å². The van der Waals surface area contributed by atoms with Gasteiger partial charge in [0.25, 0.3) is 5.69 Å². The lowest BCUT2D eigenvalue weighted by molar-refractivity contribution is -0.384. The molecule has 2 aromatic rings. The van der Waals surface area contributed by atoms with Crippen LogP contribution >= 0.6 is 0 Å². The molecule has 0 bridgehead atoms. The number of anilines is 1. The number of nitro benzene ring substituents is 1. The number of non-ortho nitro benzene ring substituents is 1. The monoisotopic (exact) mass is 286 g/mol. The zero-order valence-corrected chi connectivity index (χ0v) is 11.2. The summed E-state index contributed by atoms with van der Waals surface area (Å²) >= 11 is 0. The smallest absolute Gasteiger partial charge is 0.269 e. The van der Waals surface area contributed by atoms with Crippen LogP contribution in [0, 0.1) is 10.1 Å². The van der Waals surface area contributed by atoms with E-state index in [0.717, 1.165) is 17.0 Å². The third kappa shape index (κ3) is 3.05. The Morgan fingerprint density at radius 2 is 1.90 bits per heavy atom. The SMILES string of the molecule is O=[N+]([O-])c1cccc(CNc2ccc3c(c2)OCCO3)c1. The Kier molecular flexibility index (Phi) is 3.59. The third-order valence-corrected chi connectivity index (χ3v) is 3.16. The quantitative estimate of drug-likeness (QED) is 0.691. The van der Waals surface area contributed by atoms with Crippen molar-refractivity contribution in [2.75, 3.05) is 18.5 Å². The molecule has 0 spiro atoms. The number of nitrogens with one attached hydrogen (secondary N) is 1. The van der Waals surface area contributed by atoms with E-state index in [2.05, 4.69) is 5.32 Å². The molecule has 1 aliphatic heterocycles. The van der Waals surface area contributed by atoms with Crippen molar-refractivity contribution in [3.63, 3.8) is 0 Å². The third-order valence-electron chi connectivity index (χ3n) is 3.16. The van der Waals surface area contributed by atoms with Crippen molar-refractivity contribution in [3.8, 4) is 11.5 Å². The van der Waals surface area contributed by atoms with Crippen LogP contribution in [0.2, 0.25) is 0 Å². The topological polar surface area (TPSA) is 73.6 Å². The predicted octanol–water partition coefficient (Wildman–Crippen LogP) is 2.98. The van der Waals surface area contributed by atoms with Gasteiger partial charge in [0.1, 0.15) is 13.2 Å². The van der Waals surface area contributed by atoms with E-state index in [4.69, 9.17) is 9.47 Å². The number of nitro groups is 1. The van der Waals surface area contributed by atoms with E-state index in [1.165, 1.54) is 6.07 Å². The van der Waals surface area contributed by atoms with Crippen molar-refractivity contribution in [3.05, 3.63) is 58.1 Å². The first-order valence-electron chi connectivity index (χ1n) is 6.59. The molecule has 1 aliphatic rings. The number of hydrogen-bond donors (Lipinski definition) is 1. The summed E-state index contributed by atoms with van der Waals surface area (Å²) in [5.74, 6) is 1.45. The molecule has 0 fully saturated rings. The van der Waals surface area contributed by atoms with E-state index in [-0.39, 0.29) is 5.69 Å². The molecule has 21 heavy (non-hydrogen) atoms. The molecule has 0 saturated heterocycles. The van der Waals surface area contributed by atoms with Crippen molar-refractivity contribution in [2.24, 2.45) is 0 Å². The summed E-state index contributed by atoms with van der Waals surface area (Å²) in [5.41, 5.74) is 1.82. The average molecular weight is 286 g/mol. The Morgan fingerprint density at radius 1 is 1.10 bits per heavy atom.